The van der Waals surface area contributed by atoms with Crippen molar-refractivity contribution in [2.24, 2.45) is 10.8 Å². The van der Waals surface area contributed by atoms with Gasteiger partial charge in [-0.15, -0.1) is 0 Å². The molecule has 76 valence electrons. The van der Waals surface area contributed by atoms with Gasteiger partial charge in [0.15, 0.2) is 0 Å². The second-order valence-electron chi connectivity index (χ2n) is 5.94. The van der Waals surface area contributed by atoms with Gasteiger partial charge in [-0.05, 0) is 56.0 Å². The summed E-state index contributed by atoms with van der Waals surface area (Å²) in [5.74, 6) is 0. The molecular weight excluding hydrogens is 158 g/mol. The Morgan fingerprint density at radius 3 is 2.23 bits per heavy atom. The first-order chi connectivity index (χ1) is 6.12. The quantitative estimate of drug-likeness (QED) is 0.606. The van der Waals surface area contributed by atoms with Crippen molar-refractivity contribution < 1.29 is 0 Å². The molecule has 2 fully saturated rings. The van der Waals surface area contributed by atoms with Crippen LogP contribution >= 0.6 is 0 Å². The highest BCUT2D eigenvalue weighted by molar-refractivity contribution is 4.92. The number of rotatable bonds is 0. The largest absolute Gasteiger partial charge is 0.317 e. The van der Waals surface area contributed by atoms with E-state index in [2.05, 4.69) is 19.2 Å². The first kappa shape index (κ1) is 9.51. The molecule has 2 rings (SSSR count). The molecule has 1 saturated heterocycles. The predicted molar refractivity (Wildman–Crippen MR) is 56.8 cm³/mol. The second-order valence-corrected chi connectivity index (χ2v) is 5.94. The molecule has 0 aromatic rings. The summed E-state index contributed by atoms with van der Waals surface area (Å²) in [5.41, 5.74) is 1.35. The van der Waals surface area contributed by atoms with Crippen LogP contribution in [0.5, 0.6) is 0 Å². The maximum atomic E-state index is 3.48. The summed E-state index contributed by atoms with van der Waals surface area (Å²) in [7, 11) is 0. The fraction of sp³-hybridized carbons (Fsp3) is 1.00. The summed E-state index contributed by atoms with van der Waals surface area (Å²) in [6, 6.07) is 0. The maximum Gasteiger partial charge on any atom is -0.00436 e. The first-order valence-electron chi connectivity index (χ1n) is 5.83. The molecule has 0 amide bonds. The zero-order valence-electron chi connectivity index (χ0n) is 9.16. The van der Waals surface area contributed by atoms with Crippen LogP contribution in [0, 0.1) is 10.8 Å². The molecule has 1 aliphatic carbocycles. The van der Waals surface area contributed by atoms with Gasteiger partial charge in [0.25, 0.3) is 0 Å². The van der Waals surface area contributed by atoms with E-state index < -0.39 is 0 Å². The minimum atomic E-state index is 0.621. The zero-order chi connectivity index (χ0) is 9.36. The van der Waals surface area contributed by atoms with Gasteiger partial charge in [-0.25, -0.2) is 0 Å². The Labute approximate surface area is 82.3 Å². The highest BCUT2D eigenvalue weighted by Gasteiger charge is 2.40. The summed E-state index contributed by atoms with van der Waals surface area (Å²) in [6.45, 7) is 7.43. The Kier molecular flexibility index (Phi) is 2.39. The summed E-state index contributed by atoms with van der Waals surface area (Å²) in [6.07, 6.45) is 8.74. The van der Waals surface area contributed by atoms with Crippen molar-refractivity contribution in [3.05, 3.63) is 0 Å². The van der Waals surface area contributed by atoms with Crippen molar-refractivity contribution in [3.8, 4) is 0 Å². The van der Waals surface area contributed by atoms with Crippen LogP contribution in [-0.4, -0.2) is 13.1 Å². The predicted octanol–water partition coefficient (Wildman–Crippen LogP) is 2.96. The summed E-state index contributed by atoms with van der Waals surface area (Å²) < 4.78 is 0. The minimum Gasteiger partial charge on any atom is -0.317 e. The van der Waals surface area contributed by atoms with Crippen LogP contribution < -0.4 is 5.32 Å². The van der Waals surface area contributed by atoms with Gasteiger partial charge < -0.3 is 5.32 Å². The van der Waals surface area contributed by atoms with E-state index in [1.807, 2.05) is 0 Å². The molecule has 1 aliphatic heterocycles. The molecule has 0 atom stereocenters. The highest BCUT2D eigenvalue weighted by atomic mass is 14.9. The van der Waals surface area contributed by atoms with E-state index >= 15 is 0 Å². The van der Waals surface area contributed by atoms with Crippen LogP contribution in [0.1, 0.15) is 52.4 Å². The Hall–Kier alpha value is -0.0400. The van der Waals surface area contributed by atoms with Gasteiger partial charge in [0.05, 0.1) is 0 Å². The zero-order valence-corrected chi connectivity index (χ0v) is 9.16. The highest BCUT2D eigenvalue weighted by Crippen LogP contribution is 2.50. The van der Waals surface area contributed by atoms with Crippen molar-refractivity contribution in [2.75, 3.05) is 13.1 Å². The number of nitrogens with one attached hydrogen (secondary N) is 1. The van der Waals surface area contributed by atoms with Crippen molar-refractivity contribution in [3.63, 3.8) is 0 Å². The molecule has 2 aliphatic rings. The van der Waals surface area contributed by atoms with Gasteiger partial charge >= 0.3 is 0 Å². The molecule has 0 aromatic carbocycles. The molecule has 1 N–H and O–H groups in total. The fourth-order valence-corrected chi connectivity index (χ4v) is 3.52. The third kappa shape index (κ3) is 2.07. The maximum absolute atomic E-state index is 3.48. The van der Waals surface area contributed by atoms with E-state index in [1.165, 1.54) is 51.6 Å². The Bertz CT molecular complexity index is 172. The van der Waals surface area contributed by atoms with Gasteiger partial charge in [-0.2, -0.15) is 0 Å². The molecule has 1 heterocycles. The van der Waals surface area contributed by atoms with E-state index in [0.29, 0.717) is 5.41 Å². The van der Waals surface area contributed by atoms with E-state index in [1.54, 1.807) is 0 Å². The molecular formula is C12H23N. The SMILES string of the molecule is CC1(C)CCCC2(CCNCC2)C1. The Morgan fingerprint density at radius 1 is 0.923 bits per heavy atom. The van der Waals surface area contributed by atoms with E-state index in [9.17, 15) is 0 Å². The number of hydrogen-bond donors (Lipinski definition) is 1. The van der Waals surface area contributed by atoms with Crippen LogP contribution in [0.2, 0.25) is 0 Å². The first-order valence-corrected chi connectivity index (χ1v) is 5.83. The lowest BCUT2D eigenvalue weighted by molar-refractivity contribution is 0.0534. The van der Waals surface area contributed by atoms with Crippen LogP contribution in [0.3, 0.4) is 0 Å². The van der Waals surface area contributed by atoms with E-state index in [0.717, 1.165) is 5.41 Å². The summed E-state index contributed by atoms with van der Waals surface area (Å²) in [5, 5.41) is 3.48. The fourth-order valence-electron chi connectivity index (χ4n) is 3.52. The smallest absolute Gasteiger partial charge is 0.00436 e. The van der Waals surface area contributed by atoms with Crippen LogP contribution in [-0.2, 0) is 0 Å². The number of hydrogen-bond acceptors (Lipinski definition) is 1. The standard InChI is InChI=1S/C12H23N/c1-11(2)4-3-5-12(10-11)6-8-13-9-7-12/h13H,3-10H2,1-2H3. The average molecular weight is 181 g/mol. The topological polar surface area (TPSA) is 12.0 Å². The van der Waals surface area contributed by atoms with E-state index in [4.69, 9.17) is 0 Å². The molecule has 1 spiro atoms. The lowest BCUT2D eigenvalue weighted by atomic mass is 9.60. The molecule has 13 heavy (non-hydrogen) atoms. The van der Waals surface area contributed by atoms with Gasteiger partial charge in [-0.3, -0.25) is 0 Å². The molecule has 0 aromatic heterocycles. The van der Waals surface area contributed by atoms with Gasteiger partial charge in [0, 0.05) is 0 Å². The molecule has 1 heteroatoms. The van der Waals surface area contributed by atoms with Crippen LogP contribution in [0.25, 0.3) is 0 Å². The van der Waals surface area contributed by atoms with Crippen molar-refractivity contribution >= 4 is 0 Å². The van der Waals surface area contributed by atoms with E-state index in [-0.39, 0.29) is 0 Å². The summed E-state index contributed by atoms with van der Waals surface area (Å²) >= 11 is 0. The second kappa shape index (κ2) is 3.27. The molecule has 0 bridgehead atoms. The lowest BCUT2D eigenvalue weighted by Crippen LogP contribution is -2.41. The van der Waals surface area contributed by atoms with Gasteiger partial charge in [0.2, 0.25) is 0 Å². The monoisotopic (exact) mass is 181 g/mol. The minimum absolute atomic E-state index is 0.621. The molecule has 1 nitrogen and oxygen atoms in total. The van der Waals surface area contributed by atoms with Gasteiger partial charge in [-0.1, -0.05) is 20.3 Å². The van der Waals surface area contributed by atoms with Crippen molar-refractivity contribution in [1.29, 1.82) is 0 Å². The molecule has 1 saturated carbocycles. The van der Waals surface area contributed by atoms with Crippen molar-refractivity contribution in [2.45, 2.75) is 52.4 Å². The molecule has 0 radical (unpaired) electrons. The normalized spacial score (nSPS) is 31.8. The van der Waals surface area contributed by atoms with Gasteiger partial charge in [0.1, 0.15) is 0 Å². The average Bonchev–Trinajstić information content (AvgIpc) is 2.03. The summed E-state index contributed by atoms with van der Waals surface area (Å²) in [4.78, 5) is 0. The third-order valence-corrected chi connectivity index (χ3v) is 4.08. The third-order valence-electron chi connectivity index (χ3n) is 4.08. The Morgan fingerprint density at radius 2 is 1.62 bits per heavy atom. The van der Waals surface area contributed by atoms with Crippen molar-refractivity contribution in [1.82, 2.24) is 5.32 Å². The van der Waals surface area contributed by atoms with Crippen LogP contribution in [0.15, 0.2) is 0 Å². The van der Waals surface area contributed by atoms with Crippen LogP contribution in [0.4, 0.5) is 0 Å². The number of piperidine rings is 1. The lowest BCUT2D eigenvalue weighted by Gasteiger charge is -2.47. The Balaban J connectivity index is 2.04. The molecule has 0 unspecified atom stereocenters.